The molecule has 0 aliphatic carbocycles. The maximum Gasteiger partial charge on any atom is 0.329 e. The lowest BCUT2D eigenvalue weighted by atomic mass is 9.99. The Kier molecular flexibility index (Phi) is 7.53. The minimum atomic E-state index is -0.989. The fourth-order valence-electron chi connectivity index (χ4n) is 4.18. The largest absolute Gasteiger partial charge is 0.454 e. The molecule has 8 heteroatoms. The molecule has 1 saturated heterocycles. The summed E-state index contributed by atoms with van der Waals surface area (Å²) in [6, 6.07) is 13.3. The number of halogens is 1. The van der Waals surface area contributed by atoms with Gasteiger partial charge in [0.25, 0.3) is 11.8 Å². The van der Waals surface area contributed by atoms with Crippen LogP contribution in [-0.4, -0.2) is 53.4 Å². The second-order valence-corrected chi connectivity index (χ2v) is 9.15. The number of nitrogens with one attached hydrogen (secondary N) is 2. The number of aromatic nitrogens is 1. The predicted molar refractivity (Wildman–Crippen MR) is 131 cm³/mol. The highest BCUT2D eigenvalue weighted by Gasteiger charge is 2.27. The maximum atomic E-state index is 13.0. The molecule has 34 heavy (non-hydrogen) atoms. The molecule has 3 aromatic rings. The van der Waals surface area contributed by atoms with Gasteiger partial charge < -0.3 is 19.9 Å². The molecule has 2 heterocycles. The summed E-state index contributed by atoms with van der Waals surface area (Å²) in [6.07, 6.45) is 3.90. The van der Waals surface area contributed by atoms with Gasteiger partial charge >= 0.3 is 5.97 Å². The van der Waals surface area contributed by atoms with Crippen molar-refractivity contribution in [3.63, 3.8) is 0 Å². The summed E-state index contributed by atoms with van der Waals surface area (Å²) < 4.78 is 5.39. The third-order valence-electron chi connectivity index (χ3n) is 6.28. The molecule has 0 bridgehead atoms. The molecule has 2 amide bonds. The Morgan fingerprint density at radius 1 is 1.12 bits per heavy atom. The number of hydrogen-bond donors (Lipinski definition) is 2. The number of esters is 1. The molecule has 0 spiro atoms. The normalized spacial score (nSPS) is 15.2. The molecule has 2 aromatic carbocycles. The van der Waals surface area contributed by atoms with Crippen LogP contribution in [0.3, 0.4) is 0 Å². The number of carbonyl (C=O) groups is 3. The van der Waals surface area contributed by atoms with Crippen LogP contribution in [0, 0.1) is 5.92 Å². The first-order valence-electron chi connectivity index (χ1n) is 11.5. The highest BCUT2D eigenvalue weighted by Crippen LogP contribution is 2.21. The molecular weight excluding hydrogens is 454 g/mol. The average molecular weight is 482 g/mol. The molecular formula is C26H28ClN3O4. The number of rotatable bonds is 7. The van der Waals surface area contributed by atoms with Crippen molar-refractivity contribution in [2.45, 2.75) is 32.2 Å². The van der Waals surface area contributed by atoms with Crippen LogP contribution in [0.5, 0.6) is 0 Å². The number of ether oxygens (including phenoxy) is 1. The van der Waals surface area contributed by atoms with Crippen molar-refractivity contribution in [3.8, 4) is 0 Å². The Labute approximate surface area is 203 Å². The van der Waals surface area contributed by atoms with E-state index in [9.17, 15) is 14.4 Å². The Bertz CT molecular complexity index is 1180. The van der Waals surface area contributed by atoms with Crippen molar-refractivity contribution in [1.82, 2.24) is 15.2 Å². The molecule has 1 atom stereocenters. The highest BCUT2D eigenvalue weighted by atomic mass is 35.5. The van der Waals surface area contributed by atoms with E-state index in [1.165, 1.54) is 0 Å². The van der Waals surface area contributed by atoms with Gasteiger partial charge in [-0.1, -0.05) is 48.9 Å². The Hall–Kier alpha value is -3.32. The van der Waals surface area contributed by atoms with Crippen LogP contribution >= 0.6 is 11.6 Å². The minimum absolute atomic E-state index is 0.203. The van der Waals surface area contributed by atoms with E-state index in [-0.39, 0.29) is 29.5 Å². The summed E-state index contributed by atoms with van der Waals surface area (Å²) in [5.74, 6) is -0.774. The van der Waals surface area contributed by atoms with Crippen LogP contribution in [0.2, 0.25) is 5.02 Å². The number of piperidine rings is 1. The zero-order chi connectivity index (χ0) is 24.1. The van der Waals surface area contributed by atoms with E-state index in [4.69, 9.17) is 16.3 Å². The Morgan fingerprint density at radius 2 is 1.82 bits per heavy atom. The zero-order valence-electron chi connectivity index (χ0n) is 19.1. The molecule has 178 valence electrons. The van der Waals surface area contributed by atoms with E-state index in [1.54, 1.807) is 29.2 Å². The molecule has 0 radical (unpaired) electrons. The van der Waals surface area contributed by atoms with Gasteiger partial charge in [0, 0.05) is 36.6 Å². The van der Waals surface area contributed by atoms with Crippen molar-refractivity contribution in [3.05, 3.63) is 70.9 Å². The van der Waals surface area contributed by atoms with Crippen LogP contribution in [0.15, 0.2) is 54.7 Å². The van der Waals surface area contributed by atoms with Crippen LogP contribution < -0.4 is 5.32 Å². The van der Waals surface area contributed by atoms with Gasteiger partial charge in [-0.05, 0) is 42.5 Å². The van der Waals surface area contributed by atoms with Crippen molar-refractivity contribution >= 4 is 40.3 Å². The first-order chi connectivity index (χ1) is 16.4. The number of para-hydroxylation sites is 1. The summed E-state index contributed by atoms with van der Waals surface area (Å²) >= 11 is 6.17. The molecule has 2 N–H and O–H groups in total. The number of benzene rings is 2. The lowest BCUT2D eigenvalue weighted by Crippen LogP contribution is -2.45. The van der Waals surface area contributed by atoms with Crippen molar-refractivity contribution in [2.24, 2.45) is 5.92 Å². The number of likely N-dealkylation sites (tertiary alicyclic amines) is 1. The van der Waals surface area contributed by atoms with Crippen LogP contribution in [0.1, 0.15) is 35.7 Å². The van der Waals surface area contributed by atoms with E-state index >= 15 is 0 Å². The lowest BCUT2D eigenvalue weighted by molar-refractivity contribution is -0.154. The first kappa shape index (κ1) is 23.8. The van der Waals surface area contributed by atoms with E-state index in [2.05, 4.69) is 17.2 Å². The number of carbonyl (C=O) groups excluding carboxylic acids is 3. The predicted octanol–water partition coefficient (Wildman–Crippen LogP) is 3.96. The summed E-state index contributed by atoms with van der Waals surface area (Å²) in [6.45, 7) is 3.15. The number of nitrogens with zero attached hydrogens (tertiary/aromatic N) is 1. The van der Waals surface area contributed by atoms with Crippen molar-refractivity contribution in [1.29, 1.82) is 0 Å². The summed E-state index contributed by atoms with van der Waals surface area (Å²) in [5.41, 5.74) is 2.05. The second kappa shape index (κ2) is 10.7. The first-order valence-corrected chi connectivity index (χ1v) is 11.8. The number of amides is 2. The fourth-order valence-corrected chi connectivity index (χ4v) is 4.40. The van der Waals surface area contributed by atoms with E-state index < -0.39 is 17.9 Å². The molecule has 1 aliphatic rings. The third kappa shape index (κ3) is 5.59. The van der Waals surface area contributed by atoms with Crippen LogP contribution in [0.25, 0.3) is 10.9 Å². The van der Waals surface area contributed by atoms with Crippen LogP contribution in [-0.2, 0) is 20.7 Å². The molecule has 4 rings (SSSR count). The third-order valence-corrected chi connectivity index (χ3v) is 6.61. The van der Waals surface area contributed by atoms with Gasteiger partial charge in [-0.25, -0.2) is 4.79 Å². The van der Waals surface area contributed by atoms with Gasteiger partial charge in [0.15, 0.2) is 6.61 Å². The van der Waals surface area contributed by atoms with Gasteiger partial charge in [0.2, 0.25) is 0 Å². The van der Waals surface area contributed by atoms with Gasteiger partial charge in [0.1, 0.15) is 6.04 Å². The molecule has 1 fully saturated rings. The maximum absolute atomic E-state index is 13.0. The summed E-state index contributed by atoms with van der Waals surface area (Å²) in [5, 5.41) is 3.98. The van der Waals surface area contributed by atoms with Crippen molar-refractivity contribution < 1.29 is 19.1 Å². The average Bonchev–Trinajstić information content (AvgIpc) is 3.25. The highest BCUT2D eigenvalue weighted by molar-refractivity contribution is 6.33. The van der Waals surface area contributed by atoms with Gasteiger partial charge in [-0.15, -0.1) is 0 Å². The number of aromatic amines is 1. The lowest BCUT2D eigenvalue weighted by Gasteiger charge is -2.30. The standard InChI is InChI=1S/C26H28ClN3O4/c1-17-10-12-30(13-11-17)24(31)16-34-26(33)23(29-25(32)20-7-2-4-8-21(20)27)14-18-15-28-22-9-5-3-6-19(18)22/h2-9,15,17,23,28H,10-14,16H2,1H3,(H,29,32)/t23-/m1/s1. The van der Waals surface area contributed by atoms with Crippen LogP contribution in [0.4, 0.5) is 0 Å². The van der Waals surface area contributed by atoms with Gasteiger partial charge in [0.05, 0.1) is 10.6 Å². The Morgan fingerprint density at radius 3 is 2.59 bits per heavy atom. The van der Waals surface area contributed by atoms with E-state index in [0.717, 1.165) is 29.3 Å². The topological polar surface area (TPSA) is 91.5 Å². The van der Waals surface area contributed by atoms with Gasteiger partial charge in [-0.2, -0.15) is 0 Å². The second-order valence-electron chi connectivity index (χ2n) is 8.74. The quantitative estimate of drug-likeness (QED) is 0.499. The summed E-state index contributed by atoms with van der Waals surface area (Å²) in [4.78, 5) is 43.4. The van der Waals surface area contributed by atoms with Gasteiger partial charge in [-0.3, -0.25) is 9.59 Å². The molecule has 1 aliphatic heterocycles. The molecule has 0 saturated carbocycles. The molecule has 0 unspecified atom stereocenters. The monoisotopic (exact) mass is 481 g/mol. The number of H-pyrrole nitrogens is 1. The van der Waals surface area contributed by atoms with E-state index in [1.807, 2.05) is 30.5 Å². The molecule has 7 nitrogen and oxygen atoms in total. The van der Waals surface area contributed by atoms with Crippen molar-refractivity contribution in [2.75, 3.05) is 19.7 Å². The minimum Gasteiger partial charge on any atom is -0.454 e. The number of hydrogen-bond acceptors (Lipinski definition) is 4. The van der Waals surface area contributed by atoms with E-state index in [0.29, 0.717) is 19.0 Å². The SMILES string of the molecule is CC1CCN(C(=O)COC(=O)[C@@H](Cc2c[nH]c3ccccc23)NC(=O)c2ccccc2Cl)CC1. The zero-order valence-corrected chi connectivity index (χ0v) is 19.8. The molecule has 1 aromatic heterocycles. The number of fused-ring (bicyclic) bond motifs is 1. The summed E-state index contributed by atoms with van der Waals surface area (Å²) in [7, 11) is 0. The Balaban J connectivity index is 1.48. The smallest absolute Gasteiger partial charge is 0.329 e. The fraction of sp³-hybridized carbons (Fsp3) is 0.346.